The highest BCUT2D eigenvalue weighted by atomic mass is 32.2. The third kappa shape index (κ3) is 3.00. The first kappa shape index (κ1) is 11.5. The Labute approximate surface area is 88.9 Å². The second-order valence-electron chi connectivity index (χ2n) is 3.64. The molecule has 0 unspecified atom stereocenters. The van der Waals surface area contributed by atoms with E-state index in [1.54, 1.807) is 17.8 Å². The van der Waals surface area contributed by atoms with Gasteiger partial charge in [0.2, 0.25) is 0 Å². The van der Waals surface area contributed by atoms with Crippen LogP contribution in [0, 0.1) is 11.7 Å². The van der Waals surface area contributed by atoms with Crippen LogP contribution in [0.5, 0.6) is 0 Å². The van der Waals surface area contributed by atoms with E-state index in [0.29, 0.717) is 17.4 Å². The summed E-state index contributed by atoms with van der Waals surface area (Å²) >= 11 is 1.55. The largest absolute Gasteiger partial charge is 0.326 e. The van der Waals surface area contributed by atoms with Crippen LogP contribution in [0.1, 0.15) is 19.4 Å². The zero-order valence-corrected chi connectivity index (χ0v) is 9.40. The van der Waals surface area contributed by atoms with Crippen LogP contribution in [0.2, 0.25) is 0 Å². The number of halogens is 1. The summed E-state index contributed by atoms with van der Waals surface area (Å²) in [6, 6.07) is 5.07. The third-order valence-corrected chi connectivity index (χ3v) is 3.41. The molecule has 0 radical (unpaired) electrons. The summed E-state index contributed by atoms with van der Waals surface area (Å²) < 4.78 is 13.4. The molecule has 0 aliphatic heterocycles. The molecule has 1 rings (SSSR count). The number of hydrogen-bond acceptors (Lipinski definition) is 2. The Balaban J connectivity index is 2.82. The first-order valence-corrected chi connectivity index (χ1v) is 5.74. The summed E-state index contributed by atoms with van der Waals surface area (Å²) in [5, 5.41) is 0. The van der Waals surface area contributed by atoms with Gasteiger partial charge < -0.3 is 5.73 Å². The van der Waals surface area contributed by atoms with Crippen molar-refractivity contribution >= 4 is 11.8 Å². The molecule has 1 aromatic carbocycles. The Morgan fingerprint density at radius 3 is 2.71 bits per heavy atom. The lowest BCUT2D eigenvalue weighted by Crippen LogP contribution is -2.01. The molecule has 0 aliphatic rings. The van der Waals surface area contributed by atoms with Gasteiger partial charge in [-0.1, -0.05) is 26.0 Å². The average Bonchev–Trinajstić information content (AvgIpc) is 2.15. The van der Waals surface area contributed by atoms with Gasteiger partial charge in [0.15, 0.2) is 0 Å². The van der Waals surface area contributed by atoms with Crippen molar-refractivity contribution in [3.8, 4) is 0 Å². The van der Waals surface area contributed by atoms with E-state index in [1.807, 2.05) is 6.07 Å². The lowest BCUT2D eigenvalue weighted by Gasteiger charge is -2.09. The van der Waals surface area contributed by atoms with Crippen molar-refractivity contribution in [1.82, 2.24) is 0 Å². The van der Waals surface area contributed by atoms with Crippen molar-refractivity contribution in [3.63, 3.8) is 0 Å². The average molecular weight is 213 g/mol. The molecule has 0 saturated heterocycles. The number of benzene rings is 1. The Morgan fingerprint density at radius 2 is 2.14 bits per heavy atom. The molecule has 1 nitrogen and oxygen atoms in total. The minimum atomic E-state index is -0.154. The summed E-state index contributed by atoms with van der Waals surface area (Å²) in [6.07, 6.45) is 0. The van der Waals surface area contributed by atoms with E-state index in [1.165, 1.54) is 6.07 Å². The topological polar surface area (TPSA) is 26.0 Å². The fraction of sp³-hybridized carbons (Fsp3) is 0.455. The van der Waals surface area contributed by atoms with Crippen LogP contribution in [0.3, 0.4) is 0 Å². The van der Waals surface area contributed by atoms with Crippen LogP contribution in [0.15, 0.2) is 23.1 Å². The third-order valence-electron chi connectivity index (χ3n) is 1.83. The summed E-state index contributed by atoms with van der Waals surface area (Å²) in [7, 11) is 0. The summed E-state index contributed by atoms with van der Waals surface area (Å²) in [6.45, 7) is 4.64. The molecule has 78 valence electrons. The van der Waals surface area contributed by atoms with E-state index in [9.17, 15) is 4.39 Å². The number of nitrogens with two attached hydrogens (primary N) is 1. The maximum atomic E-state index is 13.4. The second kappa shape index (κ2) is 5.37. The molecule has 0 bridgehead atoms. The Bertz CT molecular complexity index is 299. The van der Waals surface area contributed by atoms with Crippen LogP contribution < -0.4 is 5.73 Å². The Kier molecular flexibility index (Phi) is 4.42. The summed E-state index contributed by atoms with van der Waals surface area (Å²) in [5.41, 5.74) is 6.44. The Hall–Kier alpha value is -0.540. The van der Waals surface area contributed by atoms with E-state index < -0.39 is 0 Å². The molecule has 0 atom stereocenters. The zero-order chi connectivity index (χ0) is 10.6. The normalized spacial score (nSPS) is 10.9. The zero-order valence-electron chi connectivity index (χ0n) is 8.59. The smallest absolute Gasteiger partial charge is 0.137 e. The predicted octanol–water partition coefficient (Wildman–Crippen LogP) is 3.03. The van der Waals surface area contributed by atoms with Gasteiger partial charge in [-0.05, 0) is 17.5 Å². The molecular formula is C11H16FNS. The highest BCUT2D eigenvalue weighted by Gasteiger charge is 2.08. The lowest BCUT2D eigenvalue weighted by atomic mass is 10.2. The van der Waals surface area contributed by atoms with E-state index in [2.05, 4.69) is 13.8 Å². The quantitative estimate of drug-likeness (QED) is 0.778. The standard InChI is InChI=1S/C11H16FNS/c1-8(2)7-14-11-9(6-13)4-3-5-10(11)12/h3-5,8H,6-7,13H2,1-2H3. The van der Waals surface area contributed by atoms with Gasteiger partial charge in [0.05, 0.1) is 0 Å². The number of hydrogen-bond donors (Lipinski definition) is 1. The van der Waals surface area contributed by atoms with Crippen molar-refractivity contribution in [3.05, 3.63) is 29.6 Å². The minimum absolute atomic E-state index is 0.154. The van der Waals surface area contributed by atoms with Gasteiger partial charge in [-0.15, -0.1) is 11.8 Å². The SMILES string of the molecule is CC(C)CSc1c(F)cccc1CN. The van der Waals surface area contributed by atoms with Crippen LogP contribution in [0.25, 0.3) is 0 Å². The molecular weight excluding hydrogens is 197 g/mol. The highest BCUT2D eigenvalue weighted by molar-refractivity contribution is 7.99. The van der Waals surface area contributed by atoms with Gasteiger partial charge in [-0.2, -0.15) is 0 Å². The number of rotatable bonds is 4. The van der Waals surface area contributed by atoms with Crippen LogP contribution in [-0.4, -0.2) is 5.75 Å². The van der Waals surface area contributed by atoms with Gasteiger partial charge in [-0.3, -0.25) is 0 Å². The van der Waals surface area contributed by atoms with E-state index in [4.69, 9.17) is 5.73 Å². The maximum Gasteiger partial charge on any atom is 0.137 e. The molecule has 14 heavy (non-hydrogen) atoms. The first-order chi connectivity index (χ1) is 6.65. The van der Waals surface area contributed by atoms with Gasteiger partial charge in [0, 0.05) is 17.2 Å². The van der Waals surface area contributed by atoms with Crippen molar-refractivity contribution in [2.75, 3.05) is 5.75 Å². The summed E-state index contributed by atoms with van der Waals surface area (Å²) in [4.78, 5) is 0.712. The van der Waals surface area contributed by atoms with Crippen molar-refractivity contribution in [1.29, 1.82) is 0 Å². The Morgan fingerprint density at radius 1 is 1.43 bits per heavy atom. The molecule has 1 aromatic rings. The van der Waals surface area contributed by atoms with Crippen molar-refractivity contribution < 1.29 is 4.39 Å². The van der Waals surface area contributed by atoms with Gasteiger partial charge in [-0.25, -0.2) is 4.39 Å². The molecule has 2 N–H and O–H groups in total. The fourth-order valence-electron chi connectivity index (χ4n) is 1.13. The van der Waals surface area contributed by atoms with Gasteiger partial charge in [0.25, 0.3) is 0 Å². The predicted molar refractivity (Wildman–Crippen MR) is 59.9 cm³/mol. The molecule has 0 heterocycles. The van der Waals surface area contributed by atoms with Crippen molar-refractivity contribution in [2.24, 2.45) is 11.7 Å². The molecule has 0 amide bonds. The summed E-state index contributed by atoms with van der Waals surface area (Å²) in [5.74, 6) is 1.33. The van der Waals surface area contributed by atoms with Gasteiger partial charge in [0.1, 0.15) is 5.82 Å². The second-order valence-corrected chi connectivity index (χ2v) is 4.67. The molecule has 0 saturated carbocycles. The van der Waals surface area contributed by atoms with Gasteiger partial charge >= 0.3 is 0 Å². The lowest BCUT2D eigenvalue weighted by molar-refractivity contribution is 0.596. The first-order valence-electron chi connectivity index (χ1n) is 4.75. The van der Waals surface area contributed by atoms with Crippen LogP contribution in [0.4, 0.5) is 4.39 Å². The fourth-order valence-corrected chi connectivity index (χ4v) is 2.17. The van der Waals surface area contributed by atoms with E-state index >= 15 is 0 Å². The van der Waals surface area contributed by atoms with E-state index in [-0.39, 0.29) is 5.82 Å². The molecule has 0 aromatic heterocycles. The molecule has 0 fully saturated rings. The van der Waals surface area contributed by atoms with E-state index in [0.717, 1.165) is 11.3 Å². The molecule has 0 aliphatic carbocycles. The monoisotopic (exact) mass is 213 g/mol. The number of thioether (sulfide) groups is 1. The highest BCUT2D eigenvalue weighted by Crippen LogP contribution is 2.27. The molecule has 0 spiro atoms. The molecule has 3 heteroatoms. The van der Waals surface area contributed by atoms with Crippen LogP contribution >= 0.6 is 11.8 Å². The van der Waals surface area contributed by atoms with Crippen molar-refractivity contribution in [2.45, 2.75) is 25.3 Å². The maximum absolute atomic E-state index is 13.4. The van der Waals surface area contributed by atoms with Crippen LogP contribution in [-0.2, 0) is 6.54 Å². The minimum Gasteiger partial charge on any atom is -0.326 e.